The van der Waals surface area contributed by atoms with Gasteiger partial charge < -0.3 is 9.05 Å². The number of phosphoric ester groups is 1. The molecule has 0 aliphatic heterocycles. The summed E-state index contributed by atoms with van der Waals surface area (Å²) >= 11 is 0. The molecule has 0 bridgehead atoms. The fraction of sp³-hybridized carbons (Fsp3) is 0. The highest BCUT2D eigenvalue weighted by atomic mass is 31.2. The summed E-state index contributed by atoms with van der Waals surface area (Å²) in [4.78, 5) is 0. The molecule has 0 saturated heterocycles. The van der Waals surface area contributed by atoms with Crippen molar-refractivity contribution in [1.29, 1.82) is 0 Å². The van der Waals surface area contributed by atoms with E-state index in [0.29, 0.717) is 17.2 Å². The first-order valence-electron chi connectivity index (χ1n) is 7.32. The molecule has 3 rings (SSSR count). The number of rotatable bonds is 7. The van der Waals surface area contributed by atoms with Gasteiger partial charge in [-0.15, -0.1) is 4.62 Å². The van der Waals surface area contributed by atoms with E-state index in [2.05, 4.69) is 5.48 Å². The maximum Gasteiger partial charge on any atom is 0.609 e. The molecule has 1 N–H and O–H groups in total. The zero-order valence-corrected chi connectivity index (χ0v) is 13.6. The summed E-state index contributed by atoms with van der Waals surface area (Å²) in [6.07, 6.45) is 0. The Hall–Kier alpha value is -2.75. The van der Waals surface area contributed by atoms with Crippen molar-refractivity contribution in [3.8, 4) is 11.5 Å². The van der Waals surface area contributed by atoms with Gasteiger partial charge in [-0.1, -0.05) is 54.6 Å². The van der Waals surface area contributed by atoms with E-state index in [0.717, 1.165) is 0 Å². The van der Waals surface area contributed by atoms with Crippen LogP contribution in [0.25, 0.3) is 0 Å². The van der Waals surface area contributed by atoms with Crippen LogP contribution < -0.4 is 14.5 Å². The lowest BCUT2D eigenvalue weighted by atomic mass is 10.3. The molecule has 24 heavy (non-hydrogen) atoms. The summed E-state index contributed by atoms with van der Waals surface area (Å²) in [5, 5.41) is 0. The number of benzene rings is 3. The summed E-state index contributed by atoms with van der Waals surface area (Å²) in [5.74, 6) is 0.762. The van der Waals surface area contributed by atoms with Gasteiger partial charge in [0.05, 0.1) is 5.69 Å². The van der Waals surface area contributed by atoms with Gasteiger partial charge in [-0.05, 0) is 36.4 Å². The Kier molecular flexibility index (Phi) is 5.16. The number of hydrogen-bond acceptors (Lipinski definition) is 5. The van der Waals surface area contributed by atoms with E-state index in [9.17, 15) is 4.57 Å². The highest BCUT2D eigenvalue weighted by Crippen LogP contribution is 2.49. The molecule has 3 aromatic carbocycles. The second-order valence-corrected chi connectivity index (χ2v) is 6.26. The Bertz CT molecular complexity index is 752. The quantitative estimate of drug-likeness (QED) is 0.467. The van der Waals surface area contributed by atoms with Gasteiger partial charge in [-0.25, -0.2) is 4.57 Å². The zero-order chi connectivity index (χ0) is 16.7. The van der Waals surface area contributed by atoms with Gasteiger partial charge in [0.2, 0.25) is 0 Å². The Balaban J connectivity index is 1.78. The molecule has 0 saturated carbocycles. The van der Waals surface area contributed by atoms with Crippen molar-refractivity contribution in [3.05, 3.63) is 91.0 Å². The summed E-state index contributed by atoms with van der Waals surface area (Å²) in [7, 11) is -3.94. The van der Waals surface area contributed by atoms with Crippen LogP contribution in [0.2, 0.25) is 0 Å². The van der Waals surface area contributed by atoms with E-state index >= 15 is 0 Å². The van der Waals surface area contributed by atoms with Crippen LogP contribution in [-0.2, 0) is 9.19 Å². The maximum atomic E-state index is 13.0. The second-order valence-electron chi connectivity index (χ2n) is 4.82. The third kappa shape index (κ3) is 4.62. The van der Waals surface area contributed by atoms with Crippen LogP contribution in [-0.4, -0.2) is 0 Å². The molecule has 0 amide bonds. The lowest BCUT2D eigenvalue weighted by molar-refractivity contribution is 0.247. The average Bonchev–Trinajstić information content (AvgIpc) is 2.63. The summed E-state index contributed by atoms with van der Waals surface area (Å²) in [6.45, 7) is 0. The average molecular weight is 341 g/mol. The van der Waals surface area contributed by atoms with Gasteiger partial charge in [0.1, 0.15) is 11.5 Å². The van der Waals surface area contributed by atoms with E-state index in [1.807, 2.05) is 30.3 Å². The highest BCUT2D eigenvalue weighted by molar-refractivity contribution is 7.49. The van der Waals surface area contributed by atoms with E-state index in [4.69, 9.17) is 13.7 Å². The number of anilines is 1. The van der Waals surface area contributed by atoms with Gasteiger partial charge in [-0.2, -0.15) is 0 Å². The van der Waals surface area contributed by atoms with Crippen molar-refractivity contribution in [2.24, 2.45) is 0 Å². The Morgan fingerprint density at radius 1 is 0.625 bits per heavy atom. The minimum Gasteiger partial charge on any atom is -0.394 e. The molecule has 6 heteroatoms. The molecule has 0 radical (unpaired) electrons. The van der Waals surface area contributed by atoms with Crippen molar-refractivity contribution in [2.75, 3.05) is 5.48 Å². The number of para-hydroxylation sites is 3. The normalized spacial score (nSPS) is 10.8. The van der Waals surface area contributed by atoms with Crippen LogP contribution in [0.15, 0.2) is 91.0 Å². The van der Waals surface area contributed by atoms with E-state index < -0.39 is 7.82 Å². The van der Waals surface area contributed by atoms with Crippen molar-refractivity contribution in [1.82, 2.24) is 0 Å². The molecule has 0 fully saturated rings. The van der Waals surface area contributed by atoms with E-state index in [1.165, 1.54) is 0 Å². The Labute approximate surface area is 140 Å². The van der Waals surface area contributed by atoms with Crippen LogP contribution in [0.4, 0.5) is 5.69 Å². The van der Waals surface area contributed by atoms with Crippen LogP contribution in [0, 0.1) is 0 Å². The predicted octanol–water partition coefficient (Wildman–Crippen LogP) is 5.30. The number of hydrogen-bond donors (Lipinski definition) is 1. The standard InChI is InChI=1S/C18H16NO4P/c20-24(21-17-12-6-2-7-13-17,22-18-14-8-3-9-15-18)23-19-16-10-4-1-5-11-16/h1-15,19H. The Morgan fingerprint density at radius 3 is 1.50 bits per heavy atom. The van der Waals surface area contributed by atoms with E-state index in [1.54, 1.807) is 60.7 Å². The number of nitrogens with one attached hydrogen (secondary N) is 1. The molecule has 5 nitrogen and oxygen atoms in total. The summed E-state index contributed by atoms with van der Waals surface area (Å²) < 4.78 is 29.2. The van der Waals surface area contributed by atoms with Crippen molar-refractivity contribution in [3.63, 3.8) is 0 Å². The summed E-state index contributed by atoms with van der Waals surface area (Å²) in [6, 6.07) is 26.5. The molecular formula is C18H16NO4P. The SMILES string of the molecule is O=P(ONc1ccccc1)(Oc1ccccc1)Oc1ccccc1. The molecule has 0 heterocycles. The monoisotopic (exact) mass is 341 g/mol. The smallest absolute Gasteiger partial charge is 0.394 e. The van der Waals surface area contributed by atoms with Gasteiger partial charge in [0.15, 0.2) is 0 Å². The number of phosphoric acid groups is 1. The Morgan fingerprint density at radius 2 is 1.04 bits per heavy atom. The topological polar surface area (TPSA) is 56.8 Å². The highest BCUT2D eigenvalue weighted by Gasteiger charge is 2.32. The molecule has 3 aromatic rings. The molecule has 0 spiro atoms. The lowest BCUT2D eigenvalue weighted by Gasteiger charge is -2.19. The van der Waals surface area contributed by atoms with E-state index in [-0.39, 0.29) is 0 Å². The first-order valence-corrected chi connectivity index (χ1v) is 8.79. The largest absolute Gasteiger partial charge is 0.609 e. The maximum absolute atomic E-state index is 13.0. The third-order valence-corrected chi connectivity index (χ3v) is 4.15. The van der Waals surface area contributed by atoms with Crippen molar-refractivity contribution in [2.45, 2.75) is 0 Å². The zero-order valence-electron chi connectivity index (χ0n) is 12.7. The minimum absolute atomic E-state index is 0.381. The molecule has 0 atom stereocenters. The molecule has 0 aliphatic carbocycles. The van der Waals surface area contributed by atoms with Gasteiger partial charge >= 0.3 is 7.82 Å². The van der Waals surface area contributed by atoms with Gasteiger partial charge in [0.25, 0.3) is 0 Å². The lowest BCUT2D eigenvalue weighted by Crippen LogP contribution is -2.09. The molecule has 0 unspecified atom stereocenters. The van der Waals surface area contributed by atoms with Crippen LogP contribution in [0.5, 0.6) is 11.5 Å². The minimum atomic E-state index is -3.94. The van der Waals surface area contributed by atoms with Gasteiger partial charge in [-0.3, -0.25) is 5.48 Å². The molecule has 0 aromatic heterocycles. The van der Waals surface area contributed by atoms with Crippen LogP contribution in [0.3, 0.4) is 0 Å². The van der Waals surface area contributed by atoms with Crippen LogP contribution >= 0.6 is 7.82 Å². The summed E-state index contributed by atoms with van der Waals surface area (Å²) in [5.41, 5.74) is 3.24. The van der Waals surface area contributed by atoms with Crippen molar-refractivity contribution < 1.29 is 18.2 Å². The first kappa shape index (κ1) is 16.1. The van der Waals surface area contributed by atoms with Crippen LogP contribution in [0.1, 0.15) is 0 Å². The predicted molar refractivity (Wildman–Crippen MR) is 92.9 cm³/mol. The third-order valence-electron chi connectivity index (χ3n) is 2.97. The van der Waals surface area contributed by atoms with Gasteiger partial charge in [0, 0.05) is 0 Å². The molecule has 0 aliphatic rings. The molecule has 122 valence electrons. The van der Waals surface area contributed by atoms with Crippen molar-refractivity contribution >= 4 is 13.5 Å². The fourth-order valence-corrected chi connectivity index (χ4v) is 2.98. The fourth-order valence-electron chi connectivity index (χ4n) is 1.89. The molecular weight excluding hydrogens is 325 g/mol. The second kappa shape index (κ2) is 7.68. The first-order chi connectivity index (χ1) is 11.7.